The minimum atomic E-state index is -1.12. The summed E-state index contributed by atoms with van der Waals surface area (Å²) in [6.07, 6.45) is 17.8. The molecule has 2 aliphatic heterocycles. The first-order valence-electron chi connectivity index (χ1n) is 15.5. The third-order valence-corrected chi connectivity index (χ3v) is 9.61. The SMILES string of the molecule is Cc1cccc(Cl)c1C(=O)NC(Cc1ccc(N2CCC(=O)C3CCCCN3C2C2=CCC3C=CC=CC3=C2)cc1)C(=O)O. The second kappa shape index (κ2) is 13.0. The molecule has 228 valence electrons. The number of piperidine rings is 1. The molecule has 0 spiro atoms. The van der Waals surface area contributed by atoms with Gasteiger partial charge in [-0.25, -0.2) is 4.79 Å². The molecule has 6 rings (SSSR count). The van der Waals surface area contributed by atoms with E-state index < -0.39 is 17.9 Å². The molecule has 4 atom stereocenters. The molecule has 2 N–H and O–H groups in total. The average Bonchev–Trinajstić information content (AvgIpc) is 3.17. The third kappa shape index (κ3) is 6.17. The lowest BCUT2D eigenvalue weighted by molar-refractivity contribution is -0.139. The number of aryl methyl sites for hydroxylation is 1. The van der Waals surface area contributed by atoms with Crippen molar-refractivity contribution in [3.8, 4) is 0 Å². The Morgan fingerprint density at radius 3 is 2.66 bits per heavy atom. The molecule has 2 fully saturated rings. The van der Waals surface area contributed by atoms with Gasteiger partial charge in [0.1, 0.15) is 12.2 Å². The van der Waals surface area contributed by atoms with E-state index in [0.717, 1.165) is 43.5 Å². The number of carboxylic acid groups (broad SMARTS) is 1. The second-order valence-corrected chi connectivity index (χ2v) is 12.5. The molecule has 8 heteroatoms. The topological polar surface area (TPSA) is 90.0 Å². The number of allylic oxidation sites excluding steroid dienone is 6. The molecule has 2 aromatic rings. The Bertz CT molecular complexity index is 1550. The number of amides is 1. The van der Waals surface area contributed by atoms with Crippen molar-refractivity contribution in [2.24, 2.45) is 5.92 Å². The summed E-state index contributed by atoms with van der Waals surface area (Å²) in [7, 11) is 0. The number of benzene rings is 2. The Kier molecular flexibility index (Phi) is 8.87. The van der Waals surface area contributed by atoms with Crippen LogP contribution in [0.3, 0.4) is 0 Å². The monoisotopic (exact) mass is 611 g/mol. The number of ketones is 1. The molecule has 2 aromatic carbocycles. The average molecular weight is 612 g/mol. The first kappa shape index (κ1) is 30.1. The molecule has 2 aliphatic carbocycles. The maximum Gasteiger partial charge on any atom is 0.326 e. The first-order chi connectivity index (χ1) is 21.3. The van der Waals surface area contributed by atoms with Crippen molar-refractivity contribution in [3.63, 3.8) is 0 Å². The zero-order valence-corrected chi connectivity index (χ0v) is 25.7. The van der Waals surface area contributed by atoms with Gasteiger partial charge >= 0.3 is 5.97 Å². The number of rotatable bonds is 7. The van der Waals surface area contributed by atoms with Gasteiger partial charge in [0.2, 0.25) is 0 Å². The van der Waals surface area contributed by atoms with E-state index in [0.29, 0.717) is 30.2 Å². The Morgan fingerprint density at radius 2 is 1.89 bits per heavy atom. The van der Waals surface area contributed by atoms with Crippen molar-refractivity contribution in [2.45, 2.75) is 63.7 Å². The van der Waals surface area contributed by atoms with E-state index >= 15 is 0 Å². The number of Topliss-reactive ketones (excluding diaryl/α,β-unsaturated/α-hetero) is 1. The minimum absolute atomic E-state index is 0.0599. The number of hydrogen-bond acceptors (Lipinski definition) is 5. The fourth-order valence-corrected chi connectivity index (χ4v) is 7.31. The molecule has 0 saturated carbocycles. The first-order valence-corrected chi connectivity index (χ1v) is 15.9. The molecule has 4 aliphatic rings. The number of halogens is 1. The van der Waals surface area contributed by atoms with Gasteiger partial charge in [0.05, 0.1) is 16.6 Å². The maximum absolute atomic E-state index is 13.3. The van der Waals surface area contributed by atoms with Crippen LogP contribution in [-0.2, 0) is 16.0 Å². The van der Waals surface area contributed by atoms with Crippen LogP contribution < -0.4 is 10.2 Å². The van der Waals surface area contributed by atoms with Gasteiger partial charge < -0.3 is 15.3 Å². The summed E-state index contributed by atoms with van der Waals surface area (Å²) in [6, 6.07) is 11.8. The lowest BCUT2D eigenvalue weighted by Crippen LogP contribution is -2.55. The number of carbonyl (C=O) groups excluding carboxylic acids is 2. The Labute approximate surface area is 263 Å². The van der Waals surface area contributed by atoms with E-state index in [-0.39, 0.29) is 29.2 Å². The van der Waals surface area contributed by atoms with Crippen LogP contribution >= 0.6 is 11.6 Å². The molecule has 1 amide bonds. The van der Waals surface area contributed by atoms with Gasteiger partial charge in [-0.05, 0) is 66.7 Å². The predicted octanol–water partition coefficient (Wildman–Crippen LogP) is 6.03. The Balaban J connectivity index is 1.26. The van der Waals surface area contributed by atoms with E-state index in [1.54, 1.807) is 25.1 Å². The fraction of sp³-hybridized carbons (Fsp3) is 0.361. The minimum Gasteiger partial charge on any atom is -0.480 e. The van der Waals surface area contributed by atoms with Crippen LogP contribution in [0.5, 0.6) is 0 Å². The van der Waals surface area contributed by atoms with Crippen molar-refractivity contribution in [3.05, 3.63) is 112 Å². The quantitative estimate of drug-likeness (QED) is 0.397. The molecule has 44 heavy (non-hydrogen) atoms. The van der Waals surface area contributed by atoms with Gasteiger partial charge in [0.15, 0.2) is 5.78 Å². The van der Waals surface area contributed by atoms with Gasteiger partial charge in [-0.2, -0.15) is 0 Å². The summed E-state index contributed by atoms with van der Waals surface area (Å²) in [5.74, 6) is -0.919. The fourth-order valence-electron chi connectivity index (χ4n) is 7.01. The summed E-state index contributed by atoms with van der Waals surface area (Å²) in [5, 5.41) is 12.9. The van der Waals surface area contributed by atoms with Crippen molar-refractivity contribution in [1.29, 1.82) is 0 Å². The number of aliphatic carboxylic acids is 1. The van der Waals surface area contributed by atoms with Crippen molar-refractivity contribution in [2.75, 3.05) is 18.0 Å². The van der Waals surface area contributed by atoms with E-state index in [2.05, 4.69) is 51.6 Å². The molecule has 0 bridgehead atoms. The second-order valence-electron chi connectivity index (χ2n) is 12.1. The normalized spacial score (nSPS) is 24.0. The number of nitrogens with zero attached hydrogens (tertiary/aromatic N) is 2. The molecule has 2 heterocycles. The van der Waals surface area contributed by atoms with Crippen molar-refractivity contribution < 1.29 is 19.5 Å². The summed E-state index contributed by atoms with van der Waals surface area (Å²) in [6.45, 7) is 3.26. The van der Waals surface area contributed by atoms with Crippen molar-refractivity contribution in [1.82, 2.24) is 10.2 Å². The third-order valence-electron chi connectivity index (χ3n) is 9.29. The lowest BCUT2D eigenvalue weighted by atomic mass is 9.84. The van der Waals surface area contributed by atoms with Crippen molar-refractivity contribution >= 4 is 34.9 Å². The predicted molar refractivity (Wildman–Crippen MR) is 173 cm³/mol. The Hall–Kier alpha value is -3.94. The van der Waals surface area contributed by atoms with Crippen LogP contribution in [-0.4, -0.2) is 59.0 Å². The van der Waals surface area contributed by atoms with Gasteiger partial charge in [-0.1, -0.05) is 78.7 Å². The van der Waals surface area contributed by atoms with E-state index in [1.165, 1.54) is 11.1 Å². The van der Waals surface area contributed by atoms with Crippen LogP contribution in [0.2, 0.25) is 5.02 Å². The summed E-state index contributed by atoms with van der Waals surface area (Å²) in [5.41, 5.74) is 5.27. The zero-order valence-electron chi connectivity index (χ0n) is 24.9. The van der Waals surface area contributed by atoms with E-state index in [1.807, 2.05) is 24.3 Å². The number of hydrogen-bond donors (Lipinski definition) is 2. The highest BCUT2D eigenvalue weighted by molar-refractivity contribution is 6.34. The van der Waals surface area contributed by atoms with Crippen LogP contribution in [0.25, 0.3) is 0 Å². The van der Waals surface area contributed by atoms with Crippen LogP contribution in [0, 0.1) is 12.8 Å². The highest BCUT2D eigenvalue weighted by atomic mass is 35.5. The van der Waals surface area contributed by atoms with Gasteiger partial charge in [0, 0.05) is 37.5 Å². The number of carboxylic acids is 1. The van der Waals surface area contributed by atoms with Gasteiger partial charge in [-0.3, -0.25) is 14.5 Å². The molecule has 4 unspecified atom stereocenters. The van der Waals surface area contributed by atoms with E-state index in [9.17, 15) is 19.5 Å². The Morgan fingerprint density at radius 1 is 1.07 bits per heavy atom. The van der Waals surface area contributed by atoms with Crippen LogP contribution in [0.15, 0.2) is 90.1 Å². The largest absolute Gasteiger partial charge is 0.480 e. The molecular formula is C36H38ClN3O4. The summed E-state index contributed by atoms with van der Waals surface area (Å²) >= 11 is 6.25. The maximum atomic E-state index is 13.3. The standard InChI is InChI=1S/C36H38ClN3O4/c1-23-7-6-10-29(37)33(23)34(42)38-30(36(43)44)21-24-12-16-28(17-13-24)39-20-18-32(41)31-11-4-5-19-40(31)35(39)27-15-14-25-8-2-3-9-26(25)22-27/h2-3,6-10,12-13,15-17,22,25,30-31,35H,4-5,11,14,18-21H2,1H3,(H,38,42)(H,43,44). The summed E-state index contributed by atoms with van der Waals surface area (Å²) in [4.78, 5) is 43.2. The van der Waals surface area contributed by atoms with Crippen LogP contribution in [0.1, 0.15) is 53.6 Å². The number of fused-ring (bicyclic) bond motifs is 2. The number of nitrogens with one attached hydrogen (secondary N) is 1. The van der Waals surface area contributed by atoms with Gasteiger partial charge in [0.25, 0.3) is 5.91 Å². The number of carbonyl (C=O) groups is 3. The molecule has 7 nitrogen and oxygen atoms in total. The number of anilines is 1. The van der Waals surface area contributed by atoms with Crippen LogP contribution in [0.4, 0.5) is 5.69 Å². The molecular weight excluding hydrogens is 574 g/mol. The van der Waals surface area contributed by atoms with Gasteiger partial charge in [-0.15, -0.1) is 0 Å². The highest BCUT2D eigenvalue weighted by Gasteiger charge is 2.41. The van der Waals surface area contributed by atoms with E-state index in [4.69, 9.17) is 11.6 Å². The summed E-state index contributed by atoms with van der Waals surface area (Å²) < 4.78 is 0. The highest BCUT2D eigenvalue weighted by Crippen LogP contribution is 2.37. The molecule has 2 saturated heterocycles. The lowest BCUT2D eigenvalue weighted by Gasteiger charge is -2.45. The zero-order chi connectivity index (χ0) is 30.8. The molecule has 0 radical (unpaired) electrons. The molecule has 0 aromatic heterocycles. The smallest absolute Gasteiger partial charge is 0.326 e.